The summed E-state index contributed by atoms with van der Waals surface area (Å²) in [5, 5.41) is 0. The van der Waals surface area contributed by atoms with E-state index in [0.29, 0.717) is 0 Å². The van der Waals surface area contributed by atoms with Gasteiger partial charge in [-0.15, -0.1) is 0 Å². The van der Waals surface area contributed by atoms with Gasteiger partial charge in [0.1, 0.15) is 0 Å². The van der Waals surface area contributed by atoms with E-state index < -0.39 is 0 Å². The van der Waals surface area contributed by atoms with Crippen molar-refractivity contribution in [2.24, 2.45) is 0 Å². The molecule has 0 amide bonds. The summed E-state index contributed by atoms with van der Waals surface area (Å²) in [6, 6.07) is 3.78. The zero-order valence-corrected chi connectivity index (χ0v) is 5.53. The van der Waals surface area contributed by atoms with Gasteiger partial charge in [0.25, 0.3) is 0 Å². The van der Waals surface area contributed by atoms with Crippen LogP contribution in [0.25, 0.3) is 0 Å². The van der Waals surface area contributed by atoms with Crippen molar-refractivity contribution in [2.75, 3.05) is 0 Å². The molecule has 7 heavy (non-hydrogen) atoms. The van der Waals surface area contributed by atoms with Crippen LogP contribution < -0.4 is 5.66 Å². The highest BCUT2D eigenvalue weighted by atomic mass is 79.9. The van der Waals surface area contributed by atoms with Crippen molar-refractivity contribution < 1.29 is 4.42 Å². The first-order valence-corrected chi connectivity index (χ1v) is 2.80. The van der Waals surface area contributed by atoms with Gasteiger partial charge >= 0.3 is 0 Å². The lowest BCUT2D eigenvalue weighted by Crippen LogP contribution is -1.92. The van der Waals surface area contributed by atoms with E-state index in [1.165, 1.54) is 0 Å². The molecule has 0 saturated heterocycles. The van der Waals surface area contributed by atoms with Gasteiger partial charge in [0, 0.05) is 0 Å². The van der Waals surface area contributed by atoms with Crippen LogP contribution in [0.2, 0.25) is 0 Å². The second-order valence-electron chi connectivity index (χ2n) is 1.35. The molecule has 0 bridgehead atoms. The smallest absolute Gasteiger partial charge is 0.186 e. The Balaban J connectivity index is 3.04. The maximum atomic E-state index is 5.00. The molecule has 0 radical (unpaired) electrons. The Morgan fingerprint density at radius 1 is 1.57 bits per heavy atom. The van der Waals surface area contributed by atoms with E-state index in [-0.39, 0.29) is 0 Å². The molecule has 0 saturated carbocycles. The quantitative estimate of drug-likeness (QED) is 0.496. The van der Waals surface area contributed by atoms with Crippen LogP contribution in [0.4, 0.5) is 0 Å². The molecular formula is C4H4BBrO. The van der Waals surface area contributed by atoms with Crippen LogP contribution in [0.1, 0.15) is 0 Å². The highest BCUT2D eigenvalue weighted by Crippen LogP contribution is 2.04. The molecule has 0 spiro atoms. The molecule has 0 aliphatic rings. The van der Waals surface area contributed by atoms with E-state index in [9.17, 15) is 0 Å². The van der Waals surface area contributed by atoms with Crippen LogP contribution in [0.5, 0.6) is 0 Å². The largest absolute Gasteiger partial charge is 0.465 e. The van der Waals surface area contributed by atoms with E-state index in [2.05, 4.69) is 15.9 Å². The van der Waals surface area contributed by atoms with E-state index >= 15 is 0 Å². The lowest BCUT2D eigenvalue weighted by Gasteiger charge is -1.74. The summed E-state index contributed by atoms with van der Waals surface area (Å²) in [5.41, 5.74) is 0.937. The fourth-order valence-electron chi connectivity index (χ4n) is 0.405. The summed E-state index contributed by atoms with van der Waals surface area (Å²) < 4.78 is 5.80. The first-order chi connectivity index (χ1) is 3.29. The molecule has 1 aromatic heterocycles. The third kappa shape index (κ3) is 1.09. The fourth-order valence-corrected chi connectivity index (χ4v) is 0.792. The molecule has 0 aliphatic heterocycles. The van der Waals surface area contributed by atoms with Gasteiger partial charge in [-0.05, 0) is 28.1 Å². The molecule has 0 N–H and O–H groups in total. The van der Waals surface area contributed by atoms with E-state index in [0.717, 1.165) is 10.3 Å². The Hall–Kier alpha value is -0.175. The van der Waals surface area contributed by atoms with Crippen LogP contribution in [0.15, 0.2) is 21.2 Å². The van der Waals surface area contributed by atoms with E-state index in [4.69, 9.17) is 4.42 Å². The Morgan fingerprint density at radius 2 is 2.29 bits per heavy atom. The molecule has 0 aliphatic carbocycles. The monoisotopic (exact) mass is 158 g/mol. The van der Waals surface area contributed by atoms with E-state index in [1.54, 1.807) is 0 Å². The number of hydrogen-bond donors (Lipinski definition) is 0. The average molecular weight is 159 g/mol. The molecule has 36 valence electrons. The van der Waals surface area contributed by atoms with Gasteiger partial charge in [0.05, 0.1) is 5.66 Å². The number of halogens is 1. The van der Waals surface area contributed by atoms with Crippen molar-refractivity contribution in [2.45, 2.75) is 0 Å². The maximum Gasteiger partial charge on any atom is 0.186 e. The summed E-state index contributed by atoms with van der Waals surface area (Å²) in [6.07, 6.45) is 0. The Bertz CT molecular complexity index is 144. The van der Waals surface area contributed by atoms with Gasteiger partial charge in [0.2, 0.25) is 0 Å². The Kier molecular flexibility index (Phi) is 1.24. The lowest BCUT2D eigenvalue weighted by atomic mass is 10.1. The molecule has 0 aromatic carbocycles. The maximum absolute atomic E-state index is 5.00. The summed E-state index contributed by atoms with van der Waals surface area (Å²) in [5.74, 6) is 0. The first kappa shape index (κ1) is 4.97. The van der Waals surface area contributed by atoms with Gasteiger partial charge in [-0.25, -0.2) is 0 Å². The minimum atomic E-state index is 0.796. The lowest BCUT2D eigenvalue weighted by molar-refractivity contribution is 0.574. The normalized spacial score (nSPS) is 9.29. The zero-order chi connectivity index (χ0) is 5.28. The summed E-state index contributed by atoms with van der Waals surface area (Å²) in [7, 11) is 1.91. The van der Waals surface area contributed by atoms with Gasteiger partial charge in [-0.1, -0.05) is 0 Å². The predicted octanol–water partition coefficient (Wildman–Crippen LogP) is 0.301. The molecule has 1 heterocycles. The van der Waals surface area contributed by atoms with Crippen LogP contribution in [-0.4, -0.2) is 7.85 Å². The number of furan rings is 1. The molecule has 1 aromatic rings. The van der Waals surface area contributed by atoms with Crippen molar-refractivity contribution in [3.05, 3.63) is 16.8 Å². The molecule has 1 nitrogen and oxygen atoms in total. The molecule has 3 heteroatoms. The number of rotatable bonds is 0. The van der Waals surface area contributed by atoms with Crippen LogP contribution in [0, 0.1) is 0 Å². The second-order valence-corrected chi connectivity index (χ2v) is 2.13. The van der Waals surface area contributed by atoms with Crippen molar-refractivity contribution >= 4 is 29.4 Å². The first-order valence-electron chi connectivity index (χ1n) is 2.01. The van der Waals surface area contributed by atoms with E-state index in [1.807, 2.05) is 20.0 Å². The van der Waals surface area contributed by atoms with Crippen molar-refractivity contribution in [1.82, 2.24) is 0 Å². The summed E-state index contributed by atoms with van der Waals surface area (Å²) >= 11 is 3.17. The SMILES string of the molecule is Bc1ccc(Br)o1. The van der Waals surface area contributed by atoms with Crippen molar-refractivity contribution in [3.63, 3.8) is 0 Å². The second kappa shape index (κ2) is 1.74. The third-order valence-electron chi connectivity index (χ3n) is 0.708. The van der Waals surface area contributed by atoms with Gasteiger partial charge < -0.3 is 4.42 Å². The summed E-state index contributed by atoms with van der Waals surface area (Å²) in [4.78, 5) is 0. The van der Waals surface area contributed by atoms with Crippen LogP contribution in [0.3, 0.4) is 0 Å². The third-order valence-corrected chi connectivity index (χ3v) is 1.13. The summed E-state index contributed by atoms with van der Waals surface area (Å²) in [6.45, 7) is 0. The van der Waals surface area contributed by atoms with Crippen molar-refractivity contribution in [3.8, 4) is 0 Å². The van der Waals surface area contributed by atoms with Crippen LogP contribution >= 0.6 is 15.9 Å². The molecule has 0 unspecified atom stereocenters. The van der Waals surface area contributed by atoms with Crippen LogP contribution in [-0.2, 0) is 0 Å². The predicted molar refractivity (Wildman–Crippen MR) is 34.6 cm³/mol. The molecule has 0 atom stereocenters. The Labute approximate surface area is 51.2 Å². The number of hydrogen-bond acceptors (Lipinski definition) is 1. The minimum absolute atomic E-state index is 0.796. The minimum Gasteiger partial charge on any atom is -0.465 e. The molecular weight excluding hydrogens is 155 g/mol. The fraction of sp³-hybridized carbons (Fsp3) is 0. The highest BCUT2D eigenvalue weighted by molar-refractivity contribution is 9.10. The molecule has 1 rings (SSSR count). The topological polar surface area (TPSA) is 13.1 Å². The van der Waals surface area contributed by atoms with Gasteiger partial charge in [0.15, 0.2) is 12.5 Å². The molecule has 0 fully saturated rings. The Morgan fingerprint density at radius 3 is 2.43 bits per heavy atom. The average Bonchev–Trinajstić information content (AvgIpc) is 1.87. The van der Waals surface area contributed by atoms with Gasteiger partial charge in [-0.3, -0.25) is 0 Å². The highest BCUT2D eigenvalue weighted by Gasteiger charge is 1.87. The standard InChI is InChI=1S/C4H4BBrO/c5-3-1-2-4(6)7-3/h1-2H,5H2. The zero-order valence-electron chi connectivity index (χ0n) is 3.94. The van der Waals surface area contributed by atoms with Gasteiger partial charge in [-0.2, -0.15) is 0 Å². The van der Waals surface area contributed by atoms with Crippen molar-refractivity contribution in [1.29, 1.82) is 0 Å².